The summed E-state index contributed by atoms with van der Waals surface area (Å²) >= 11 is 0. The molecule has 0 radical (unpaired) electrons. The molecule has 1 aliphatic rings. The van der Waals surface area contributed by atoms with E-state index < -0.39 is 11.8 Å². The van der Waals surface area contributed by atoms with E-state index in [9.17, 15) is 14.9 Å². The van der Waals surface area contributed by atoms with Gasteiger partial charge < -0.3 is 0 Å². The van der Waals surface area contributed by atoms with Gasteiger partial charge in [0.25, 0.3) is 11.8 Å². The monoisotopic (exact) mass is 436 g/mol. The van der Waals surface area contributed by atoms with Crippen molar-refractivity contribution in [1.82, 2.24) is 14.7 Å². The van der Waals surface area contributed by atoms with Crippen LogP contribution in [-0.4, -0.2) is 33.5 Å². The Morgan fingerprint density at radius 2 is 1.61 bits per heavy atom. The number of carbonyl (C=O) groups is 2. The van der Waals surface area contributed by atoms with Gasteiger partial charge in [-0.3, -0.25) is 14.5 Å². The van der Waals surface area contributed by atoms with Crippen molar-refractivity contribution in [3.8, 4) is 23.0 Å². The lowest BCUT2D eigenvalue weighted by Gasteiger charge is -2.23. The standard InChI is InChI=1S/C27H24N4O2/c1-16-11-17(2)24(18(3)12-16)25-20(15-31(29-25)21-9-7-6-8-10-21)13-22-19(4)23(14-28)27(33)30(5)26(22)32/h6-13,15H,1-5H3/b22-13+. The van der Waals surface area contributed by atoms with Crippen LogP contribution in [0.5, 0.6) is 0 Å². The second-order valence-corrected chi connectivity index (χ2v) is 8.33. The van der Waals surface area contributed by atoms with Crippen LogP contribution in [0.25, 0.3) is 23.0 Å². The van der Waals surface area contributed by atoms with E-state index in [4.69, 9.17) is 5.10 Å². The zero-order valence-electron chi connectivity index (χ0n) is 19.3. The van der Waals surface area contributed by atoms with Gasteiger partial charge in [-0.25, -0.2) is 4.68 Å². The molecule has 6 nitrogen and oxygen atoms in total. The molecule has 0 aliphatic carbocycles. The van der Waals surface area contributed by atoms with E-state index in [1.165, 1.54) is 7.05 Å². The normalized spacial score (nSPS) is 15.4. The van der Waals surface area contributed by atoms with Crippen molar-refractivity contribution < 1.29 is 9.59 Å². The van der Waals surface area contributed by atoms with E-state index in [1.54, 1.807) is 17.7 Å². The van der Waals surface area contributed by atoms with Gasteiger partial charge in [-0.05, 0) is 62.6 Å². The van der Waals surface area contributed by atoms with Crippen molar-refractivity contribution in [3.63, 3.8) is 0 Å². The second-order valence-electron chi connectivity index (χ2n) is 8.33. The van der Waals surface area contributed by atoms with Crippen LogP contribution in [0, 0.1) is 32.1 Å². The zero-order valence-corrected chi connectivity index (χ0v) is 19.3. The molecule has 1 aromatic heterocycles. The van der Waals surface area contributed by atoms with Gasteiger partial charge in [0.15, 0.2) is 0 Å². The number of aromatic nitrogens is 2. The molecule has 2 heterocycles. The molecule has 0 saturated heterocycles. The van der Waals surface area contributed by atoms with Crippen LogP contribution in [0.3, 0.4) is 0 Å². The van der Waals surface area contributed by atoms with Crippen LogP contribution in [0.2, 0.25) is 0 Å². The lowest BCUT2D eigenvalue weighted by atomic mass is 9.92. The van der Waals surface area contributed by atoms with Crippen LogP contribution in [-0.2, 0) is 9.59 Å². The van der Waals surface area contributed by atoms with E-state index in [1.807, 2.05) is 56.4 Å². The number of benzene rings is 2. The summed E-state index contributed by atoms with van der Waals surface area (Å²) in [4.78, 5) is 26.3. The lowest BCUT2D eigenvalue weighted by molar-refractivity contribution is -0.138. The summed E-state index contributed by atoms with van der Waals surface area (Å²) in [6.45, 7) is 7.78. The maximum atomic E-state index is 13.0. The number of likely N-dealkylation sites (N-methyl/N-ethyl adjacent to an activating group) is 1. The summed E-state index contributed by atoms with van der Waals surface area (Å²) < 4.78 is 1.78. The van der Waals surface area contributed by atoms with Gasteiger partial charge in [0.05, 0.1) is 5.69 Å². The maximum absolute atomic E-state index is 13.0. The number of imide groups is 1. The molecule has 0 N–H and O–H groups in total. The van der Waals surface area contributed by atoms with Crippen molar-refractivity contribution in [2.45, 2.75) is 27.7 Å². The van der Waals surface area contributed by atoms with E-state index in [2.05, 4.69) is 19.1 Å². The fourth-order valence-corrected chi connectivity index (χ4v) is 4.31. The number of amides is 2. The Labute approximate surface area is 193 Å². The fourth-order valence-electron chi connectivity index (χ4n) is 4.31. The summed E-state index contributed by atoms with van der Waals surface area (Å²) in [5.41, 5.74) is 7.34. The Kier molecular flexibility index (Phi) is 5.57. The molecule has 33 heavy (non-hydrogen) atoms. The average Bonchev–Trinajstić information content (AvgIpc) is 3.19. The van der Waals surface area contributed by atoms with Gasteiger partial charge in [0.1, 0.15) is 17.3 Å². The van der Waals surface area contributed by atoms with Crippen LogP contribution in [0.15, 0.2) is 65.4 Å². The molecule has 0 unspecified atom stereocenters. The largest absolute Gasteiger partial charge is 0.277 e. The predicted molar refractivity (Wildman–Crippen MR) is 127 cm³/mol. The highest BCUT2D eigenvalue weighted by atomic mass is 16.2. The zero-order chi connectivity index (χ0) is 23.9. The first-order chi connectivity index (χ1) is 15.7. The second kappa shape index (κ2) is 8.36. The topological polar surface area (TPSA) is 79.0 Å². The molecule has 2 aromatic carbocycles. The highest BCUT2D eigenvalue weighted by molar-refractivity contribution is 6.19. The molecule has 3 aromatic rings. The van der Waals surface area contributed by atoms with E-state index >= 15 is 0 Å². The van der Waals surface area contributed by atoms with Crippen LogP contribution < -0.4 is 0 Å². The van der Waals surface area contributed by atoms with E-state index in [-0.39, 0.29) is 5.57 Å². The Morgan fingerprint density at radius 1 is 0.970 bits per heavy atom. The molecule has 164 valence electrons. The van der Waals surface area contributed by atoms with Gasteiger partial charge in [-0.1, -0.05) is 35.9 Å². The molecule has 0 bridgehead atoms. The SMILES string of the molecule is CC1=C(C#N)C(=O)N(C)C(=O)/C1=C/c1cn(-c2ccccc2)nc1-c1c(C)cc(C)cc1C. The van der Waals surface area contributed by atoms with Crippen LogP contribution in [0.4, 0.5) is 0 Å². The molecule has 0 spiro atoms. The van der Waals surface area contributed by atoms with Crippen molar-refractivity contribution >= 4 is 17.9 Å². The maximum Gasteiger partial charge on any atom is 0.271 e. The summed E-state index contributed by atoms with van der Waals surface area (Å²) in [6.07, 6.45) is 3.61. The minimum absolute atomic E-state index is 0.0250. The molecule has 0 atom stereocenters. The third-order valence-corrected chi connectivity index (χ3v) is 5.92. The minimum Gasteiger partial charge on any atom is -0.277 e. The lowest BCUT2D eigenvalue weighted by Crippen LogP contribution is -2.39. The first-order valence-electron chi connectivity index (χ1n) is 10.6. The summed E-state index contributed by atoms with van der Waals surface area (Å²) in [5, 5.41) is 14.4. The average molecular weight is 437 g/mol. The summed E-state index contributed by atoms with van der Waals surface area (Å²) in [7, 11) is 1.39. The number of hydrogen-bond acceptors (Lipinski definition) is 4. The van der Waals surface area contributed by atoms with Crippen molar-refractivity contribution in [2.24, 2.45) is 0 Å². The molecule has 0 fully saturated rings. The highest BCUT2D eigenvalue weighted by Crippen LogP contribution is 2.34. The Morgan fingerprint density at radius 3 is 2.21 bits per heavy atom. The highest BCUT2D eigenvalue weighted by Gasteiger charge is 2.33. The molecule has 6 heteroatoms. The van der Waals surface area contributed by atoms with Gasteiger partial charge in [-0.15, -0.1) is 0 Å². The first-order valence-corrected chi connectivity index (χ1v) is 10.6. The fraction of sp³-hybridized carbons (Fsp3) is 0.185. The molecular formula is C27H24N4O2. The van der Waals surface area contributed by atoms with Crippen molar-refractivity contribution in [1.29, 1.82) is 5.26 Å². The summed E-state index contributed by atoms with van der Waals surface area (Å²) in [6, 6.07) is 15.9. The Bertz CT molecular complexity index is 1380. The van der Waals surface area contributed by atoms with Crippen LogP contribution in [0.1, 0.15) is 29.2 Å². The quantitative estimate of drug-likeness (QED) is 0.441. The Hall–Kier alpha value is -4.24. The molecular weight excluding hydrogens is 412 g/mol. The number of hydrogen-bond donors (Lipinski definition) is 0. The number of para-hydroxylation sites is 1. The molecule has 0 saturated carbocycles. The number of carbonyl (C=O) groups excluding carboxylic acids is 2. The third kappa shape index (κ3) is 3.79. The van der Waals surface area contributed by atoms with Gasteiger partial charge in [-0.2, -0.15) is 10.4 Å². The van der Waals surface area contributed by atoms with Crippen molar-refractivity contribution in [3.05, 3.63) is 87.6 Å². The van der Waals surface area contributed by atoms with E-state index in [0.29, 0.717) is 11.1 Å². The number of rotatable bonds is 3. The number of aryl methyl sites for hydroxylation is 3. The van der Waals surface area contributed by atoms with Gasteiger partial charge in [0.2, 0.25) is 0 Å². The van der Waals surface area contributed by atoms with E-state index in [0.717, 1.165) is 44.1 Å². The number of nitrogens with zero attached hydrogens (tertiary/aromatic N) is 4. The van der Waals surface area contributed by atoms with Gasteiger partial charge >= 0.3 is 0 Å². The smallest absolute Gasteiger partial charge is 0.271 e. The Balaban J connectivity index is 2.00. The molecule has 4 rings (SSSR count). The molecule has 1 aliphatic heterocycles. The minimum atomic E-state index is -0.581. The first kappa shape index (κ1) is 22.0. The van der Waals surface area contributed by atoms with Gasteiger partial charge in [0, 0.05) is 29.9 Å². The van der Waals surface area contributed by atoms with Crippen molar-refractivity contribution in [2.75, 3.05) is 7.05 Å². The molecule has 2 amide bonds. The summed E-state index contributed by atoms with van der Waals surface area (Å²) in [5.74, 6) is -1.02. The predicted octanol–water partition coefficient (Wildman–Crippen LogP) is 4.69. The van der Waals surface area contributed by atoms with Crippen LogP contribution >= 0.6 is 0 Å². The third-order valence-electron chi connectivity index (χ3n) is 5.92. The number of nitriles is 1.